The van der Waals surface area contributed by atoms with Crippen molar-refractivity contribution < 1.29 is 43.2 Å². The lowest BCUT2D eigenvalue weighted by Crippen LogP contribution is -2.66. The van der Waals surface area contributed by atoms with Crippen molar-refractivity contribution in [2.45, 2.75) is 83.1 Å². The molecule has 0 spiro atoms. The third kappa shape index (κ3) is 12.1. The third-order valence-electron chi connectivity index (χ3n) is 7.49. The van der Waals surface area contributed by atoms with Crippen LogP contribution in [0.5, 0.6) is 0 Å². The SMILES string of the molecule is CCCC(=O)N[C@H]1C(OCc2ccccc2)O[C@H](COC(=O)NCCCC(=O)O)[C@@H](OCc2ccccc2)[C@@H]1OCc1ccccc1. The lowest BCUT2D eigenvalue weighted by Gasteiger charge is -2.46. The van der Waals surface area contributed by atoms with Crippen LogP contribution in [0.3, 0.4) is 0 Å². The fourth-order valence-electron chi connectivity index (χ4n) is 5.14. The Labute approximate surface area is 275 Å². The molecule has 47 heavy (non-hydrogen) atoms. The van der Waals surface area contributed by atoms with Gasteiger partial charge in [-0.2, -0.15) is 0 Å². The number of carbonyl (C=O) groups excluding carboxylic acids is 2. The summed E-state index contributed by atoms with van der Waals surface area (Å²) in [5.74, 6) is -1.13. The molecule has 3 aromatic rings. The van der Waals surface area contributed by atoms with Gasteiger partial charge in [0.15, 0.2) is 6.29 Å². The minimum absolute atomic E-state index is 0.0760. The third-order valence-corrected chi connectivity index (χ3v) is 7.49. The molecule has 1 heterocycles. The molecule has 0 bridgehead atoms. The molecule has 2 amide bonds. The van der Waals surface area contributed by atoms with Gasteiger partial charge in [-0.1, -0.05) is 97.9 Å². The smallest absolute Gasteiger partial charge is 0.407 e. The molecule has 1 unspecified atom stereocenters. The van der Waals surface area contributed by atoms with Crippen molar-refractivity contribution in [2.24, 2.45) is 0 Å². The maximum Gasteiger partial charge on any atom is 0.407 e. The second kappa shape index (κ2) is 19.4. The fourth-order valence-corrected chi connectivity index (χ4v) is 5.14. The van der Waals surface area contributed by atoms with Crippen LogP contribution in [0.1, 0.15) is 49.3 Å². The van der Waals surface area contributed by atoms with Crippen molar-refractivity contribution in [1.29, 1.82) is 0 Å². The number of benzene rings is 3. The molecule has 0 aliphatic carbocycles. The zero-order valence-corrected chi connectivity index (χ0v) is 26.6. The van der Waals surface area contributed by atoms with Crippen LogP contribution in [-0.4, -0.2) is 66.9 Å². The molecular weight excluding hydrogens is 604 g/mol. The summed E-state index contributed by atoms with van der Waals surface area (Å²) in [4.78, 5) is 36.5. The number of alkyl carbamates (subject to hydrolysis) is 1. The predicted octanol–water partition coefficient (Wildman–Crippen LogP) is 4.97. The molecule has 1 saturated heterocycles. The highest BCUT2D eigenvalue weighted by Gasteiger charge is 2.49. The van der Waals surface area contributed by atoms with Crippen LogP contribution >= 0.6 is 0 Å². The lowest BCUT2D eigenvalue weighted by atomic mass is 9.95. The molecule has 252 valence electrons. The Morgan fingerprint density at radius 1 is 0.745 bits per heavy atom. The van der Waals surface area contributed by atoms with Crippen molar-refractivity contribution >= 4 is 18.0 Å². The summed E-state index contributed by atoms with van der Waals surface area (Å²) in [6.07, 6.45) is -2.95. The van der Waals surface area contributed by atoms with Gasteiger partial charge in [0.2, 0.25) is 5.91 Å². The zero-order valence-electron chi connectivity index (χ0n) is 26.6. The number of amides is 2. The van der Waals surface area contributed by atoms with Crippen LogP contribution in [0.4, 0.5) is 4.79 Å². The molecule has 11 heteroatoms. The minimum atomic E-state index is -0.972. The number of rotatable bonds is 18. The van der Waals surface area contributed by atoms with E-state index in [2.05, 4.69) is 10.6 Å². The van der Waals surface area contributed by atoms with Crippen molar-refractivity contribution in [3.63, 3.8) is 0 Å². The van der Waals surface area contributed by atoms with Gasteiger partial charge in [-0.15, -0.1) is 0 Å². The van der Waals surface area contributed by atoms with Gasteiger partial charge in [0.1, 0.15) is 31.0 Å². The number of aliphatic carboxylic acids is 1. The number of hydrogen-bond acceptors (Lipinski definition) is 8. The average Bonchev–Trinajstić information content (AvgIpc) is 3.08. The van der Waals surface area contributed by atoms with E-state index in [0.717, 1.165) is 16.7 Å². The van der Waals surface area contributed by atoms with Gasteiger partial charge in [0.25, 0.3) is 0 Å². The number of hydrogen-bond donors (Lipinski definition) is 3. The maximum absolute atomic E-state index is 13.1. The van der Waals surface area contributed by atoms with Crippen molar-refractivity contribution in [1.82, 2.24) is 10.6 Å². The highest BCUT2D eigenvalue weighted by molar-refractivity contribution is 5.76. The van der Waals surface area contributed by atoms with E-state index in [4.69, 9.17) is 28.8 Å². The summed E-state index contributed by atoms with van der Waals surface area (Å²) >= 11 is 0. The minimum Gasteiger partial charge on any atom is -0.481 e. The Balaban J connectivity index is 1.61. The van der Waals surface area contributed by atoms with E-state index in [1.54, 1.807) is 0 Å². The predicted molar refractivity (Wildman–Crippen MR) is 173 cm³/mol. The van der Waals surface area contributed by atoms with Crippen LogP contribution in [-0.2, 0) is 53.1 Å². The Morgan fingerprint density at radius 3 is 1.81 bits per heavy atom. The topological polar surface area (TPSA) is 142 Å². The van der Waals surface area contributed by atoms with E-state index in [9.17, 15) is 14.4 Å². The summed E-state index contributed by atoms with van der Waals surface area (Å²) in [5, 5.41) is 14.5. The Morgan fingerprint density at radius 2 is 1.28 bits per heavy atom. The fraction of sp³-hybridized carbons (Fsp3) is 0.417. The largest absolute Gasteiger partial charge is 0.481 e. The van der Waals surface area contributed by atoms with Gasteiger partial charge in [-0.25, -0.2) is 4.79 Å². The molecular formula is C36H44N2O9. The van der Waals surface area contributed by atoms with E-state index in [1.165, 1.54) is 0 Å². The summed E-state index contributed by atoms with van der Waals surface area (Å²) in [5.41, 5.74) is 2.75. The van der Waals surface area contributed by atoms with Crippen LogP contribution < -0.4 is 10.6 Å². The number of nitrogens with one attached hydrogen (secondary N) is 2. The molecule has 1 aliphatic rings. The molecule has 0 aromatic heterocycles. The quantitative estimate of drug-likeness (QED) is 0.163. The summed E-state index contributed by atoms with van der Waals surface area (Å²) in [6.45, 7) is 2.49. The average molecular weight is 649 g/mol. The van der Waals surface area contributed by atoms with E-state index >= 15 is 0 Å². The van der Waals surface area contributed by atoms with E-state index in [0.29, 0.717) is 12.8 Å². The highest BCUT2D eigenvalue weighted by atomic mass is 16.7. The molecule has 4 rings (SSSR count). The van der Waals surface area contributed by atoms with Crippen LogP contribution in [0.2, 0.25) is 0 Å². The van der Waals surface area contributed by atoms with Crippen molar-refractivity contribution in [3.05, 3.63) is 108 Å². The van der Waals surface area contributed by atoms with Gasteiger partial charge in [-0.3, -0.25) is 9.59 Å². The second-order valence-corrected chi connectivity index (χ2v) is 11.2. The molecule has 1 fully saturated rings. The van der Waals surface area contributed by atoms with Crippen LogP contribution in [0.25, 0.3) is 0 Å². The molecule has 5 atom stereocenters. The van der Waals surface area contributed by atoms with Gasteiger partial charge in [0, 0.05) is 19.4 Å². The Kier molecular flexibility index (Phi) is 14.7. The van der Waals surface area contributed by atoms with Crippen molar-refractivity contribution in [2.75, 3.05) is 13.2 Å². The number of ether oxygens (including phenoxy) is 5. The number of carboxylic acids is 1. The van der Waals surface area contributed by atoms with Crippen LogP contribution in [0, 0.1) is 0 Å². The Bertz CT molecular complexity index is 1360. The van der Waals surface area contributed by atoms with E-state index in [1.807, 2.05) is 97.9 Å². The number of carboxylic acid groups (broad SMARTS) is 1. The first kappa shape index (κ1) is 35.6. The maximum atomic E-state index is 13.1. The first-order valence-corrected chi connectivity index (χ1v) is 16.0. The van der Waals surface area contributed by atoms with E-state index < -0.39 is 42.7 Å². The van der Waals surface area contributed by atoms with Gasteiger partial charge >= 0.3 is 12.1 Å². The molecule has 3 N–H and O–H groups in total. The Hall–Kier alpha value is -4.29. The van der Waals surface area contributed by atoms with Gasteiger partial charge < -0.3 is 39.4 Å². The lowest BCUT2D eigenvalue weighted by molar-refractivity contribution is -0.290. The normalized spacial score (nSPS) is 20.7. The van der Waals surface area contributed by atoms with Gasteiger partial charge in [-0.05, 0) is 29.5 Å². The summed E-state index contributed by atoms with van der Waals surface area (Å²) in [6, 6.07) is 28.1. The van der Waals surface area contributed by atoms with Crippen molar-refractivity contribution in [3.8, 4) is 0 Å². The van der Waals surface area contributed by atoms with E-state index in [-0.39, 0.29) is 51.7 Å². The summed E-state index contributed by atoms with van der Waals surface area (Å²) in [7, 11) is 0. The molecule has 3 aromatic carbocycles. The first-order valence-electron chi connectivity index (χ1n) is 16.0. The monoisotopic (exact) mass is 648 g/mol. The van der Waals surface area contributed by atoms with Crippen LogP contribution in [0.15, 0.2) is 91.0 Å². The first-order chi connectivity index (χ1) is 22.9. The molecule has 0 radical (unpaired) electrons. The standard InChI is InChI=1S/C36H44N2O9/c1-2-13-30(39)38-32-34(44-23-27-16-8-4-9-17-27)33(43-22-26-14-6-3-7-15-26)29(25-46-36(42)37-21-12-20-31(40)41)47-35(32)45-24-28-18-10-5-11-19-28/h3-11,14-19,29,32-35H,2,12-13,20-25H2,1H3,(H,37,42)(H,38,39)(H,40,41)/t29-,32-,33-,34-,35?/m1/s1. The molecule has 1 aliphatic heterocycles. The van der Waals surface area contributed by atoms with Gasteiger partial charge in [0.05, 0.1) is 19.8 Å². The second-order valence-electron chi connectivity index (χ2n) is 11.2. The molecule has 11 nitrogen and oxygen atoms in total. The highest BCUT2D eigenvalue weighted by Crippen LogP contribution is 2.30. The number of carbonyl (C=O) groups is 3. The zero-order chi connectivity index (χ0) is 33.3. The summed E-state index contributed by atoms with van der Waals surface area (Å²) < 4.78 is 31.4. The molecule has 0 saturated carbocycles.